The van der Waals surface area contributed by atoms with Gasteiger partial charge in [-0.1, -0.05) is 0 Å². The highest BCUT2D eigenvalue weighted by atomic mass is 35.5. The lowest BCUT2D eigenvalue weighted by Gasteiger charge is -2.24. The van der Waals surface area contributed by atoms with Gasteiger partial charge in [-0.05, 0) is 24.6 Å². The zero-order chi connectivity index (χ0) is 9.14. The van der Waals surface area contributed by atoms with E-state index in [1.165, 1.54) is 0 Å². The highest BCUT2D eigenvalue weighted by Crippen LogP contribution is 2.19. The predicted octanol–water partition coefficient (Wildman–Crippen LogP) is 0.912. The quantitative estimate of drug-likeness (QED) is 0.646. The van der Waals surface area contributed by atoms with Crippen molar-refractivity contribution in [1.82, 2.24) is 5.32 Å². The predicted molar refractivity (Wildman–Crippen MR) is 45.6 cm³/mol. The first-order valence-electron chi connectivity index (χ1n) is 3.68. The van der Waals surface area contributed by atoms with E-state index < -0.39 is 6.03 Å². The molecule has 0 spiro atoms. The third kappa shape index (κ3) is 2.62. The standard InChI is InChI=1S/C7H11ClN2O2/c1-4-2-5(10-7(9)11)3-6(8)12-4/h3-5H,2H2,1H3,(H3,9,10,11)/t4-,5+/m1/s1. The van der Waals surface area contributed by atoms with Gasteiger partial charge in [-0.2, -0.15) is 0 Å². The molecule has 0 saturated carbocycles. The molecular weight excluding hydrogens is 180 g/mol. The highest BCUT2D eigenvalue weighted by Gasteiger charge is 2.19. The maximum absolute atomic E-state index is 10.5. The Hall–Kier alpha value is -0.900. The smallest absolute Gasteiger partial charge is 0.312 e. The first-order chi connectivity index (χ1) is 5.58. The molecule has 1 aliphatic heterocycles. The van der Waals surface area contributed by atoms with Gasteiger partial charge >= 0.3 is 6.03 Å². The van der Waals surface area contributed by atoms with Gasteiger partial charge in [0, 0.05) is 6.42 Å². The molecule has 1 rings (SSSR count). The van der Waals surface area contributed by atoms with Gasteiger partial charge in [-0.15, -0.1) is 0 Å². The van der Waals surface area contributed by atoms with Gasteiger partial charge in [0.25, 0.3) is 0 Å². The summed E-state index contributed by atoms with van der Waals surface area (Å²) in [6, 6.07) is -0.659. The largest absolute Gasteiger partial charge is 0.480 e. The molecule has 0 fully saturated rings. The Morgan fingerprint density at radius 3 is 3.08 bits per heavy atom. The number of nitrogens with two attached hydrogens (primary N) is 1. The van der Waals surface area contributed by atoms with E-state index in [9.17, 15) is 4.79 Å². The van der Waals surface area contributed by atoms with Crippen LogP contribution >= 0.6 is 11.6 Å². The molecule has 4 nitrogen and oxygen atoms in total. The maximum atomic E-state index is 10.5. The second-order valence-electron chi connectivity index (χ2n) is 2.75. The van der Waals surface area contributed by atoms with Crippen LogP contribution in [0, 0.1) is 0 Å². The fourth-order valence-electron chi connectivity index (χ4n) is 1.15. The molecule has 0 unspecified atom stereocenters. The van der Waals surface area contributed by atoms with E-state index in [0.29, 0.717) is 11.6 Å². The van der Waals surface area contributed by atoms with Crippen LogP contribution in [0.2, 0.25) is 0 Å². The normalized spacial score (nSPS) is 28.7. The van der Waals surface area contributed by atoms with Crippen molar-refractivity contribution < 1.29 is 9.53 Å². The number of ether oxygens (including phenoxy) is 1. The van der Waals surface area contributed by atoms with Gasteiger partial charge in [0.15, 0.2) is 5.22 Å². The number of amides is 2. The van der Waals surface area contributed by atoms with Crippen LogP contribution in [0.15, 0.2) is 11.3 Å². The monoisotopic (exact) mass is 190 g/mol. The second kappa shape index (κ2) is 3.67. The van der Waals surface area contributed by atoms with Crippen LogP contribution in [-0.2, 0) is 4.74 Å². The van der Waals surface area contributed by atoms with Gasteiger partial charge in [0.2, 0.25) is 0 Å². The molecule has 12 heavy (non-hydrogen) atoms. The minimum absolute atomic E-state index is 0.0133. The molecule has 0 aromatic rings. The molecule has 0 radical (unpaired) electrons. The fourth-order valence-corrected chi connectivity index (χ4v) is 1.45. The first-order valence-corrected chi connectivity index (χ1v) is 4.05. The number of nitrogens with one attached hydrogen (secondary N) is 1. The summed E-state index contributed by atoms with van der Waals surface area (Å²) in [5, 5.41) is 2.85. The molecule has 0 aromatic carbocycles. The lowest BCUT2D eigenvalue weighted by Crippen LogP contribution is -2.41. The van der Waals surface area contributed by atoms with Crippen molar-refractivity contribution in [2.24, 2.45) is 5.73 Å². The molecular formula is C7H11ClN2O2. The zero-order valence-electron chi connectivity index (χ0n) is 6.71. The van der Waals surface area contributed by atoms with Crippen LogP contribution in [0.4, 0.5) is 4.79 Å². The minimum Gasteiger partial charge on any atom is -0.480 e. The summed E-state index contributed by atoms with van der Waals surface area (Å²) in [4.78, 5) is 10.5. The van der Waals surface area contributed by atoms with Crippen molar-refractivity contribution in [2.45, 2.75) is 25.5 Å². The molecule has 0 saturated heterocycles. The van der Waals surface area contributed by atoms with Crippen molar-refractivity contribution in [3.63, 3.8) is 0 Å². The van der Waals surface area contributed by atoms with Crippen LogP contribution < -0.4 is 11.1 Å². The first kappa shape index (κ1) is 9.19. The van der Waals surface area contributed by atoms with Crippen molar-refractivity contribution in [3.05, 3.63) is 11.3 Å². The number of halogens is 1. The van der Waals surface area contributed by atoms with Crippen molar-refractivity contribution in [3.8, 4) is 0 Å². The zero-order valence-corrected chi connectivity index (χ0v) is 7.47. The summed E-state index contributed by atoms with van der Waals surface area (Å²) >= 11 is 5.64. The third-order valence-corrected chi connectivity index (χ3v) is 1.77. The average molecular weight is 191 g/mol. The van der Waals surface area contributed by atoms with E-state index in [1.807, 2.05) is 6.92 Å². The fraction of sp³-hybridized carbons (Fsp3) is 0.571. The van der Waals surface area contributed by atoms with Crippen LogP contribution in [0.3, 0.4) is 0 Å². The van der Waals surface area contributed by atoms with Gasteiger partial charge in [-0.25, -0.2) is 4.79 Å². The van der Waals surface area contributed by atoms with E-state index in [2.05, 4.69) is 5.32 Å². The number of carbonyl (C=O) groups excluding carboxylic acids is 1. The van der Waals surface area contributed by atoms with E-state index in [0.717, 1.165) is 0 Å². The summed E-state index contributed by atoms with van der Waals surface area (Å²) in [7, 11) is 0. The van der Waals surface area contributed by atoms with Crippen molar-refractivity contribution >= 4 is 17.6 Å². The van der Waals surface area contributed by atoms with Gasteiger partial charge in [0.05, 0.1) is 12.1 Å². The molecule has 0 aliphatic carbocycles. The van der Waals surface area contributed by atoms with E-state index in [4.69, 9.17) is 22.1 Å². The lowest BCUT2D eigenvalue weighted by molar-refractivity contribution is 0.119. The van der Waals surface area contributed by atoms with Gasteiger partial charge in [0.1, 0.15) is 0 Å². The molecule has 0 bridgehead atoms. The van der Waals surface area contributed by atoms with E-state index in [1.54, 1.807) is 6.08 Å². The highest BCUT2D eigenvalue weighted by molar-refractivity contribution is 6.28. The Kier molecular flexibility index (Phi) is 2.81. The Morgan fingerprint density at radius 2 is 2.58 bits per heavy atom. The van der Waals surface area contributed by atoms with Crippen molar-refractivity contribution in [2.75, 3.05) is 0 Å². The Balaban J connectivity index is 2.54. The topological polar surface area (TPSA) is 64.3 Å². The molecule has 1 aliphatic rings. The SMILES string of the molecule is C[C@@H]1C[C@H](NC(N)=O)C=C(Cl)O1. The number of hydrogen-bond donors (Lipinski definition) is 2. The molecule has 2 atom stereocenters. The van der Waals surface area contributed by atoms with Crippen LogP contribution in [-0.4, -0.2) is 18.2 Å². The Morgan fingerprint density at radius 1 is 1.92 bits per heavy atom. The van der Waals surface area contributed by atoms with Crippen LogP contribution in [0.25, 0.3) is 0 Å². The van der Waals surface area contributed by atoms with Crippen molar-refractivity contribution in [1.29, 1.82) is 0 Å². The summed E-state index contributed by atoms with van der Waals surface area (Å²) < 4.78 is 5.13. The Labute approximate surface area is 75.7 Å². The van der Waals surface area contributed by atoms with E-state index >= 15 is 0 Å². The van der Waals surface area contributed by atoms with Crippen LogP contribution in [0.5, 0.6) is 0 Å². The molecule has 0 aromatic heterocycles. The average Bonchev–Trinajstić information content (AvgIpc) is 1.81. The third-order valence-electron chi connectivity index (χ3n) is 1.56. The summed E-state index contributed by atoms with van der Waals surface area (Å²) in [5.41, 5.74) is 4.95. The number of rotatable bonds is 1. The molecule has 68 valence electrons. The molecule has 1 heterocycles. The van der Waals surface area contributed by atoms with E-state index in [-0.39, 0.29) is 12.1 Å². The van der Waals surface area contributed by atoms with Crippen LogP contribution in [0.1, 0.15) is 13.3 Å². The maximum Gasteiger partial charge on any atom is 0.312 e. The molecule has 5 heteroatoms. The number of carbonyl (C=O) groups is 1. The van der Waals surface area contributed by atoms with Gasteiger partial charge in [-0.3, -0.25) is 0 Å². The van der Waals surface area contributed by atoms with Gasteiger partial charge < -0.3 is 15.8 Å². The number of hydrogen-bond acceptors (Lipinski definition) is 2. The summed E-state index contributed by atoms with van der Waals surface area (Å²) in [6.07, 6.45) is 2.34. The summed E-state index contributed by atoms with van der Waals surface area (Å²) in [6.45, 7) is 1.88. The lowest BCUT2D eigenvalue weighted by atomic mass is 10.1. The number of urea groups is 1. The molecule has 3 N–H and O–H groups in total. The number of primary amides is 1. The minimum atomic E-state index is -0.546. The Bertz CT molecular complexity index is 217. The second-order valence-corrected chi connectivity index (χ2v) is 3.12. The molecule has 2 amide bonds. The summed E-state index contributed by atoms with van der Waals surface area (Å²) in [5.74, 6) is 0.